The third-order valence-electron chi connectivity index (χ3n) is 0.852. The lowest BCUT2D eigenvalue weighted by atomic mass is 10.4. The van der Waals surface area contributed by atoms with E-state index in [-0.39, 0.29) is 13.2 Å². The van der Waals surface area contributed by atoms with E-state index >= 15 is 0 Å². The molecule has 0 aromatic rings. The zero-order chi connectivity index (χ0) is 9.23. The van der Waals surface area contributed by atoms with Crippen LogP contribution in [0.2, 0.25) is 0 Å². The van der Waals surface area contributed by atoms with Gasteiger partial charge in [-0.1, -0.05) is 18.2 Å². The smallest absolute Gasteiger partial charge is 0.365 e. The summed E-state index contributed by atoms with van der Waals surface area (Å²) in [4.78, 5) is 19.2. The molecule has 0 bridgehead atoms. The molecule has 1 N–H and O–H groups in total. The van der Waals surface area contributed by atoms with Gasteiger partial charge in [-0.05, 0) is 6.92 Å². The fraction of sp³-hybridized carbons (Fsp3) is 0.375. The van der Waals surface area contributed by atoms with Crippen LogP contribution in [0, 0.1) is 0 Å². The van der Waals surface area contributed by atoms with E-state index in [0.29, 0.717) is 0 Å². The molecule has 0 aliphatic heterocycles. The minimum Gasteiger partial charge on any atom is -0.394 e. The molecule has 4 heteroatoms. The summed E-state index contributed by atoms with van der Waals surface area (Å²) < 4.78 is 0. The highest BCUT2D eigenvalue weighted by molar-refractivity contribution is 5.81. The number of rotatable bonds is 5. The predicted molar refractivity (Wildman–Crippen MR) is 43.1 cm³/mol. The number of hydrogen-bond donors (Lipinski definition) is 1. The van der Waals surface area contributed by atoms with Crippen LogP contribution in [-0.4, -0.2) is 24.3 Å². The first-order chi connectivity index (χ1) is 5.81. The van der Waals surface area contributed by atoms with Crippen molar-refractivity contribution in [3.05, 3.63) is 24.3 Å². The van der Waals surface area contributed by atoms with Crippen molar-refractivity contribution in [2.24, 2.45) is 0 Å². The summed E-state index contributed by atoms with van der Waals surface area (Å²) in [7, 11) is 0. The van der Waals surface area contributed by atoms with E-state index < -0.39 is 5.97 Å². The Morgan fingerprint density at radius 3 is 2.83 bits per heavy atom. The quantitative estimate of drug-likeness (QED) is 0.217. The van der Waals surface area contributed by atoms with Gasteiger partial charge in [0.25, 0.3) is 0 Å². The Balaban J connectivity index is 3.45. The molecular weight excluding hydrogens is 160 g/mol. The number of allylic oxidation sites excluding steroid dienone is 3. The monoisotopic (exact) mass is 172 g/mol. The zero-order valence-corrected chi connectivity index (χ0v) is 6.90. The Labute approximate surface area is 71.0 Å². The highest BCUT2D eigenvalue weighted by Crippen LogP contribution is 1.84. The van der Waals surface area contributed by atoms with Crippen LogP contribution < -0.4 is 0 Å². The summed E-state index contributed by atoms with van der Waals surface area (Å²) in [5, 5.41) is 8.25. The Bertz CT molecular complexity index is 172. The van der Waals surface area contributed by atoms with Crippen LogP contribution >= 0.6 is 0 Å². The van der Waals surface area contributed by atoms with Gasteiger partial charge in [0, 0.05) is 6.08 Å². The molecule has 0 atom stereocenters. The lowest BCUT2D eigenvalue weighted by Gasteiger charge is -1.96. The van der Waals surface area contributed by atoms with Gasteiger partial charge in [0.15, 0.2) is 0 Å². The van der Waals surface area contributed by atoms with Crippen molar-refractivity contribution in [2.45, 2.75) is 6.92 Å². The summed E-state index contributed by atoms with van der Waals surface area (Å²) in [6.07, 6.45) is 6.22. The number of carbonyl (C=O) groups is 1. The van der Waals surface area contributed by atoms with Crippen LogP contribution in [0.15, 0.2) is 24.3 Å². The maximum Gasteiger partial charge on any atom is 0.365 e. The molecule has 0 fully saturated rings. The summed E-state index contributed by atoms with van der Waals surface area (Å²) in [5.74, 6) is -0.596. The second-order valence-corrected chi connectivity index (χ2v) is 1.83. The van der Waals surface area contributed by atoms with E-state index in [4.69, 9.17) is 5.11 Å². The number of aliphatic hydroxyl groups is 1. The highest BCUT2D eigenvalue weighted by atomic mass is 17.2. The standard InChI is InChI=1S/C8H12O4/c1-2-3-4-5-8(10)12-11-7-6-9/h2-5,9H,6-7H2,1H3/b3-2+,5-4+. The van der Waals surface area contributed by atoms with E-state index in [2.05, 4.69) is 9.78 Å². The van der Waals surface area contributed by atoms with Crippen LogP contribution in [-0.2, 0) is 14.6 Å². The Hall–Kier alpha value is -1.13. The van der Waals surface area contributed by atoms with Crippen molar-refractivity contribution in [2.75, 3.05) is 13.2 Å². The van der Waals surface area contributed by atoms with Crippen molar-refractivity contribution in [1.29, 1.82) is 0 Å². The molecule has 68 valence electrons. The lowest BCUT2D eigenvalue weighted by molar-refractivity contribution is -0.270. The van der Waals surface area contributed by atoms with E-state index in [1.54, 1.807) is 12.2 Å². The van der Waals surface area contributed by atoms with Gasteiger partial charge < -0.3 is 5.11 Å². The largest absolute Gasteiger partial charge is 0.394 e. The van der Waals surface area contributed by atoms with Crippen molar-refractivity contribution >= 4 is 5.97 Å². The topological polar surface area (TPSA) is 55.8 Å². The Morgan fingerprint density at radius 1 is 1.50 bits per heavy atom. The second-order valence-electron chi connectivity index (χ2n) is 1.83. The first-order valence-electron chi connectivity index (χ1n) is 3.55. The molecule has 4 nitrogen and oxygen atoms in total. The van der Waals surface area contributed by atoms with E-state index in [9.17, 15) is 4.79 Å². The molecule has 0 spiro atoms. The van der Waals surface area contributed by atoms with E-state index in [1.807, 2.05) is 6.92 Å². The zero-order valence-electron chi connectivity index (χ0n) is 6.90. The molecular formula is C8H12O4. The molecule has 0 unspecified atom stereocenters. The molecule has 0 radical (unpaired) electrons. The summed E-state index contributed by atoms with van der Waals surface area (Å²) in [6.45, 7) is 1.65. The SMILES string of the molecule is C/C=C/C=C/C(=O)OOCCO. The minimum atomic E-state index is -0.596. The fourth-order valence-corrected chi connectivity index (χ4v) is 0.410. The van der Waals surface area contributed by atoms with Crippen LogP contribution in [0.1, 0.15) is 6.92 Å². The highest BCUT2D eigenvalue weighted by Gasteiger charge is 1.94. The normalized spacial score (nSPS) is 11.2. The minimum absolute atomic E-state index is 0.0107. The average molecular weight is 172 g/mol. The molecule has 12 heavy (non-hydrogen) atoms. The third-order valence-corrected chi connectivity index (χ3v) is 0.852. The van der Waals surface area contributed by atoms with Crippen molar-refractivity contribution in [3.8, 4) is 0 Å². The number of hydrogen-bond acceptors (Lipinski definition) is 4. The molecule has 0 aromatic heterocycles. The summed E-state index contributed by atoms with van der Waals surface area (Å²) in [5.41, 5.74) is 0. The van der Waals surface area contributed by atoms with Gasteiger partial charge in [-0.2, -0.15) is 4.89 Å². The van der Waals surface area contributed by atoms with Crippen molar-refractivity contribution in [1.82, 2.24) is 0 Å². The molecule has 0 saturated heterocycles. The van der Waals surface area contributed by atoms with Crippen LogP contribution in [0.4, 0.5) is 0 Å². The van der Waals surface area contributed by atoms with Gasteiger partial charge in [-0.25, -0.2) is 4.79 Å². The van der Waals surface area contributed by atoms with E-state index in [0.717, 1.165) is 0 Å². The van der Waals surface area contributed by atoms with Gasteiger partial charge in [0.05, 0.1) is 6.61 Å². The second kappa shape index (κ2) is 7.97. The molecule has 0 heterocycles. The Morgan fingerprint density at radius 2 is 2.25 bits per heavy atom. The summed E-state index contributed by atoms with van der Waals surface area (Å²) in [6, 6.07) is 0. The van der Waals surface area contributed by atoms with Crippen LogP contribution in [0.5, 0.6) is 0 Å². The molecule has 0 aliphatic carbocycles. The molecule has 0 rings (SSSR count). The lowest BCUT2D eigenvalue weighted by Crippen LogP contribution is -2.05. The van der Waals surface area contributed by atoms with Gasteiger partial charge in [0.2, 0.25) is 0 Å². The Kier molecular flexibility index (Phi) is 7.22. The first-order valence-corrected chi connectivity index (χ1v) is 3.55. The third kappa shape index (κ3) is 6.98. The maximum atomic E-state index is 10.6. The van der Waals surface area contributed by atoms with Crippen molar-refractivity contribution in [3.63, 3.8) is 0 Å². The molecule has 0 aromatic carbocycles. The van der Waals surface area contributed by atoms with Gasteiger partial charge in [-0.15, -0.1) is 0 Å². The molecule has 0 aliphatic rings. The average Bonchev–Trinajstić information content (AvgIpc) is 2.06. The number of carbonyl (C=O) groups excluding carboxylic acids is 1. The molecule has 0 amide bonds. The molecule has 0 saturated carbocycles. The first kappa shape index (κ1) is 10.9. The van der Waals surface area contributed by atoms with Crippen LogP contribution in [0.3, 0.4) is 0 Å². The van der Waals surface area contributed by atoms with E-state index in [1.165, 1.54) is 12.2 Å². The van der Waals surface area contributed by atoms with Gasteiger partial charge in [0.1, 0.15) is 6.61 Å². The fourth-order valence-electron chi connectivity index (χ4n) is 0.410. The van der Waals surface area contributed by atoms with Crippen molar-refractivity contribution < 1.29 is 19.7 Å². The number of aliphatic hydroxyl groups excluding tert-OH is 1. The predicted octanol–water partition coefficient (Wildman–Crippen LogP) is 0.586. The van der Waals surface area contributed by atoms with Gasteiger partial charge >= 0.3 is 5.97 Å². The van der Waals surface area contributed by atoms with Crippen LogP contribution in [0.25, 0.3) is 0 Å². The summed E-state index contributed by atoms with van der Waals surface area (Å²) >= 11 is 0. The van der Waals surface area contributed by atoms with Gasteiger partial charge in [-0.3, -0.25) is 4.89 Å². The maximum absolute atomic E-state index is 10.6.